The number of benzene rings is 1. The normalized spacial score (nSPS) is 12.8. The van der Waals surface area contributed by atoms with Crippen LogP contribution in [0.25, 0.3) is 0 Å². The van der Waals surface area contributed by atoms with Gasteiger partial charge in [0, 0.05) is 19.9 Å². The number of nitrogens with zero attached hydrogens (tertiary/aromatic N) is 1. The van der Waals surface area contributed by atoms with Crippen molar-refractivity contribution < 1.29 is 0 Å². The second-order valence-electron chi connectivity index (χ2n) is 5.67. The van der Waals surface area contributed by atoms with Crippen molar-refractivity contribution in [2.75, 3.05) is 5.32 Å². The molecule has 0 saturated carbocycles. The highest BCUT2D eigenvalue weighted by Crippen LogP contribution is 2.33. The summed E-state index contributed by atoms with van der Waals surface area (Å²) < 4.78 is 1.03. The molecule has 0 aliphatic carbocycles. The van der Waals surface area contributed by atoms with E-state index in [-0.39, 0.29) is 11.5 Å². The highest BCUT2D eigenvalue weighted by atomic mass is 79.9. The van der Waals surface area contributed by atoms with Gasteiger partial charge in [-0.25, -0.2) is 0 Å². The Morgan fingerprint density at radius 3 is 2.30 bits per heavy atom. The highest BCUT2D eigenvalue weighted by Gasteiger charge is 2.19. The van der Waals surface area contributed by atoms with E-state index in [4.69, 9.17) is 0 Å². The second kappa shape index (κ2) is 5.99. The first-order valence-corrected chi connectivity index (χ1v) is 8.03. The van der Waals surface area contributed by atoms with E-state index < -0.39 is 0 Å². The van der Waals surface area contributed by atoms with Gasteiger partial charge in [0.2, 0.25) is 0 Å². The summed E-state index contributed by atoms with van der Waals surface area (Å²) >= 11 is 5.11. The lowest BCUT2D eigenvalue weighted by atomic mass is 9.95. The van der Waals surface area contributed by atoms with Crippen molar-refractivity contribution in [1.29, 1.82) is 5.26 Å². The Morgan fingerprint density at radius 1 is 1.15 bits per heavy atom. The van der Waals surface area contributed by atoms with Crippen LogP contribution < -0.4 is 5.32 Å². The van der Waals surface area contributed by atoms with E-state index in [1.165, 1.54) is 4.88 Å². The monoisotopic (exact) mass is 348 g/mol. The lowest BCUT2D eigenvalue weighted by Crippen LogP contribution is -2.08. The van der Waals surface area contributed by atoms with Crippen LogP contribution in [-0.2, 0) is 5.41 Å². The molecule has 20 heavy (non-hydrogen) atoms. The van der Waals surface area contributed by atoms with Crippen LogP contribution in [0.1, 0.15) is 36.6 Å². The Morgan fingerprint density at radius 2 is 1.80 bits per heavy atom. The second-order valence-corrected chi connectivity index (χ2v) is 7.70. The van der Waals surface area contributed by atoms with Crippen molar-refractivity contribution in [3.8, 4) is 6.07 Å². The van der Waals surface area contributed by atoms with Crippen LogP contribution in [0.5, 0.6) is 0 Å². The molecule has 1 heterocycles. The molecule has 0 aliphatic heterocycles. The van der Waals surface area contributed by atoms with Gasteiger partial charge in [-0.05, 0) is 41.8 Å². The predicted octanol–water partition coefficient (Wildman–Crippen LogP) is 5.48. The molecular formula is C16H17BrN2S. The van der Waals surface area contributed by atoms with E-state index in [1.807, 2.05) is 30.3 Å². The Hall–Kier alpha value is -1.31. The third kappa shape index (κ3) is 3.62. The summed E-state index contributed by atoms with van der Waals surface area (Å²) in [5.41, 5.74) is 1.08. The summed E-state index contributed by atoms with van der Waals surface area (Å²) in [7, 11) is 0. The first-order valence-electron chi connectivity index (χ1n) is 6.42. The Bertz CT molecular complexity index is 617. The van der Waals surface area contributed by atoms with E-state index in [2.05, 4.69) is 54.2 Å². The fourth-order valence-electron chi connectivity index (χ4n) is 1.79. The average Bonchev–Trinajstić information content (AvgIpc) is 2.87. The lowest BCUT2D eigenvalue weighted by molar-refractivity contribution is 0.604. The molecule has 1 atom stereocenters. The van der Waals surface area contributed by atoms with Gasteiger partial charge in [-0.3, -0.25) is 0 Å². The molecule has 104 valence electrons. The summed E-state index contributed by atoms with van der Waals surface area (Å²) in [6, 6.07) is 14.0. The third-order valence-corrected chi connectivity index (χ3v) is 5.04. The number of hydrogen-bond donors (Lipinski definition) is 1. The standard InChI is InChI=1S/C16H17BrN2S/c1-16(2,3)15-9-8-14(20-15)13(10-18)19-12-6-4-11(17)5-7-12/h4-9,13,19H,1-3H3. The maximum Gasteiger partial charge on any atom is 0.149 e. The SMILES string of the molecule is CC(C)(C)c1ccc(C(C#N)Nc2ccc(Br)cc2)s1. The lowest BCUT2D eigenvalue weighted by Gasteiger charge is -2.16. The third-order valence-electron chi connectivity index (χ3n) is 2.93. The number of thiophene rings is 1. The molecule has 2 nitrogen and oxygen atoms in total. The zero-order chi connectivity index (χ0) is 14.8. The quantitative estimate of drug-likeness (QED) is 0.796. The van der Waals surface area contributed by atoms with Gasteiger partial charge in [0.15, 0.2) is 0 Å². The topological polar surface area (TPSA) is 35.8 Å². The molecule has 1 unspecified atom stereocenters. The number of hydrogen-bond acceptors (Lipinski definition) is 3. The minimum absolute atomic E-state index is 0.126. The molecule has 1 N–H and O–H groups in total. The maximum atomic E-state index is 9.39. The first-order chi connectivity index (χ1) is 9.40. The minimum atomic E-state index is -0.308. The van der Waals surface area contributed by atoms with E-state index in [0.29, 0.717) is 0 Å². The van der Waals surface area contributed by atoms with Crippen molar-refractivity contribution in [2.45, 2.75) is 32.2 Å². The van der Waals surface area contributed by atoms with Crippen molar-refractivity contribution in [2.24, 2.45) is 0 Å². The van der Waals surface area contributed by atoms with E-state index >= 15 is 0 Å². The Balaban J connectivity index is 2.19. The summed E-state index contributed by atoms with van der Waals surface area (Å²) in [6.07, 6.45) is 0. The van der Waals surface area contributed by atoms with Crippen molar-refractivity contribution >= 4 is 33.0 Å². The molecule has 0 radical (unpaired) electrons. The van der Waals surface area contributed by atoms with Gasteiger partial charge in [0.05, 0.1) is 6.07 Å². The Labute approximate surface area is 132 Å². The van der Waals surface area contributed by atoms with Crippen molar-refractivity contribution in [1.82, 2.24) is 0 Å². The molecule has 0 bridgehead atoms. The summed E-state index contributed by atoms with van der Waals surface area (Å²) in [4.78, 5) is 2.35. The van der Waals surface area contributed by atoms with E-state index in [9.17, 15) is 5.26 Å². The molecule has 1 aromatic heterocycles. The summed E-state index contributed by atoms with van der Waals surface area (Å²) in [5.74, 6) is 0. The van der Waals surface area contributed by atoms with Crippen LogP contribution >= 0.6 is 27.3 Å². The molecule has 4 heteroatoms. The molecule has 0 aliphatic rings. The van der Waals surface area contributed by atoms with Gasteiger partial charge in [0.1, 0.15) is 6.04 Å². The van der Waals surface area contributed by atoms with Gasteiger partial charge in [-0.2, -0.15) is 5.26 Å². The van der Waals surface area contributed by atoms with Crippen LogP contribution in [0.15, 0.2) is 40.9 Å². The van der Waals surface area contributed by atoms with E-state index in [0.717, 1.165) is 15.0 Å². The van der Waals surface area contributed by atoms with E-state index in [1.54, 1.807) is 11.3 Å². The minimum Gasteiger partial charge on any atom is -0.366 e. The van der Waals surface area contributed by atoms with Gasteiger partial charge >= 0.3 is 0 Å². The van der Waals surface area contributed by atoms with Crippen LogP contribution in [-0.4, -0.2) is 0 Å². The van der Waals surface area contributed by atoms with Gasteiger partial charge < -0.3 is 5.32 Å². The summed E-state index contributed by atoms with van der Waals surface area (Å²) in [6.45, 7) is 6.56. The van der Waals surface area contributed by atoms with Gasteiger partial charge in [-0.15, -0.1) is 11.3 Å². The molecule has 0 fully saturated rings. The number of nitriles is 1. The fraction of sp³-hybridized carbons (Fsp3) is 0.312. The average molecular weight is 349 g/mol. The van der Waals surface area contributed by atoms with Crippen LogP contribution in [0.2, 0.25) is 0 Å². The van der Waals surface area contributed by atoms with Crippen LogP contribution in [0.4, 0.5) is 5.69 Å². The largest absolute Gasteiger partial charge is 0.366 e. The molecule has 2 rings (SSSR count). The van der Waals surface area contributed by atoms with Gasteiger partial charge in [-0.1, -0.05) is 36.7 Å². The molecular weight excluding hydrogens is 332 g/mol. The summed E-state index contributed by atoms with van der Waals surface area (Å²) in [5, 5.41) is 12.7. The number of anilines is 1. The number of nitrogens with one attached hydrogen (secondary N) is 1. The molecule has 1 aromatic carbocycles. The molecule has 2 aromatic rings. The zero-order valence-electron chi connectivity index (χ0n) is 11.8. The first kappa shape index (κ1) is 15.1. The molecule has 0 amide bonds. The smallest absolute Gasteiger partial charge is 0.149 e. The molecule has 0 saturated heterocycles. The maximum absolute atomic E-state index is 9.39. The van der Waals surface area contributed by atoms with Crippen LogP contribution in [0, 0.1) is 11.3 Å². The Kier molecular flexibility index (Phi) is 4.52. The fourth-order valence-corrected chi connectivity index (χ4v) is 3.12. The zero-order valence-corrected chi connectivity index (χ0v) is 14.2. The predicted molar refractivity (Wildman–Crippen MR) is 89.1 cm³/mol. The molecule has 0 spiro atoms. The van der Waals surface area contributed by atoms with Crippen molar-refractivity contribution in [3.05, 3.63) is 50.6 Å². The van der Waals surface area contributed by atoms with Crippen molar-refractivity contribution in [3.63, 3.8) is 0 Å². The highest BCUT2D eigenvalue weighted by molar-refractivity contribution is 9.10. The van der Waals surface area contributed by atoms with Gasteiger partial charge in [0.25, 0.3) is 0 Å². The number of rotatable bonds is 3. The number of halogens is 1. The van der Waals surface area contributed by atoms with Crippen LogP contribution in [0.3, 0.4) is 0 Å².